The molecule has 0 saturated heterocycles. The van der Waals surface area contributed by atoms with E-state index in [0.29, 0.717) is 5.39 Å². The molecule has 5 heteroatoms. The molecule has 0 spiro atoms. The summed E-state index contributed by atoms with van der Waals surface area (Å²) >= 11 is 0. The van der Waals surface area contributed by atoms with Crippen LogP contribution in [0.3, 0.4) is 0 Å². The average Bonchev–Trinajstić information content (AvgIpc) is 2.33. The van der Waals surface area contributed by atoms with Gasteiger partial charge in [-0.25, -0.2) is 4.68 Å². The third-order valence-corrected chi connectivity index (χ3v) is 2.36. The first-order chi connectivity index (χ1) is 7.72. The fourth-order valence-corrected chi connectivity index (χ4v) is 1.52. The Morgan fingerprint density at radius 3 is 2.88 bits per heavy atom. The van der Waals surface area contributed by atoms with E-state index in [-0.39, 0.29) is 18.7 Å². The maximum absolute atomic E-state index is 11.9. The van der Waals surface area contributed by atoms with Crippen LogP contribution in [0.5, 0.6) is 0 Å². The molecule has 2 aromatic rings. The molecule has 16 heavy (non-hydrogen) atoms. The van der Waals surface area contributed by atoms with E-state index in [1.807, 2.05) is 6.07 Å². The molecule has 2 N–H and O–H groups in total. The number of hydrogen-bond acceptors (Lipinski definition) is 4. The van der Waals surface area contributed by atoms with Gasteiger partial charge in [0.15, 0.2) is 0 Å². The molecule has 84 valence electrons. The van der Waals surface area contributed by atoms with Crippen molar-refractivity contribution in [2.24, 2.45) is 0 Å². The lowest BCUT2D eigenvalue weighted by atomic mass is 10.2. The number of aromatic nitrogens is 2. The van der Waals surface area contributed by atoms with Crippen LogP contribution in [0.1, 0.15) is 0 Å². The van der Waals surface area contributed by atoms with E-state index in [9.17, 15) is 9.90 Å². The number of fused-ring (bicyclic) bond motifs is 1. The maximum Gasteiger partial charge on any atom is 0.274 e. The smallest absolute Gasteiger partial charge is 0.274 e. The summed E-state index contributed by atoms with van der Waals surface area (Å²) in [4.78, 5) is 11.9. The highest BCUT2D eigenvalue weighted by Crippen LogP contribution is 2.06. The summed E-state index contributed by atoms with van der Waals surface area (Å²) in [6, 6.07) is 7.12. The lowest BCUT2D eigenvalue weighted by Gasteiger charge is -2.09. The van der Waals surface area contributed by atoms with Gasteiger partial charge in [0.25, 0.3) is 5.56 Å². The molecule has 0 unspecified atom stereocenters. The number of hydrogen-bond donors (Lipinski definition) is 2. The first-order valence-corrected chi connectivity index (χ1v) is 4.96. The zero-order valence-corrected chi connectivity index (χ0v) is 8.58. The van der Waals surface area contributed by atoms with E-state index in [0.717, 1.165) is 10.1 Å². The van der Waals surface area contributed by atoms with Gasteiger partial charge in [-0.2, -0.15) is 5.10 Å². The number of nitrogens with zero attached hydrogens (tertiary/aromatic N) is 2. The van der Waals surface area contributed by atoms with Crippen molar-refractivity contribution >= 4 is 10.8 Å². The highest BCUT2D eigenvalue weighted by atomic mass is 16.3. The van der Waals surface area contributed by atoms with Crippen molar-refractivity contribution in [2.45, 2.75) is 12.6 Å². The molecule has 0 aliphatic rings. The molecule has 0 saturated carbocycles. The van der Waals surface area contributed by atoms with Gasteiger partial charge in [-0.1, -0.05) is 18.2 Å². The zero-order chi connectivity index (χ0) is 11.5. The fraction of sp³-hybridized carbons (Fsp3) is 0.273. The summed E-state index contributed by atoms with van der Waals surface area (Å²) < 4.78 is 1.16. The molecule has 0 aliphatic heterocycles. The van der Waals surface area contributed by atoms with Gasteiger partial charge in [0.1, 0.15) is 0 Å². The van der Waals surface area contributed by atoms with Gasteiger partial charge in [-0.3, -0.25) is 4.79 Å². The molecule has 0 amide bonds. The molecule has 5 nitrogen and oxygen atoms in total. The molecule has 0 radical (unpaired) electrons. The monoisotopic (exact) mass is 220 g/mol. The predicted molar refractivity (Wildman–Crippen MR) is 59.1 cm³/mol. The Morgan fingerprint density at radius 2 is 2.12 bits per heavy atom. The summed E-state index contributed by atoms with van der Waals surface area (Å²) in [5.74, 6) is 0. The number of rotatable bonds is 3. The Balaban J connectivity index is 2.49. The zero-order valence-electron chi connectivity index (χ0n) is 8.58. The van der Waals surface area contributed by atoms with Gasteiger partial charge < -0.3 is 10.2 Å². The minimum absolute atomic E-state index is 0.000166. The van der Waals surface area contributed by atoms with Gasteiger partial charge in [-0.15, -0.1) is 0 Å². The standard InChI is InChI=1S/C11H12N2O3/c14-7-9(15)6-13-11(16)10-4-2-1-3-8(10)5-12-13/h1-5,9,14-15H,6-7H2/t9-/m1/s1. The summed E-state index contributed by atoms with van der Waals surface area (Å²) in [7, 11) is 0. The molecular weight excluding hydrogens is 208 g/mol. The quantitative estimate of drug-likeness (QED) is 0.748. The Hall–Kier alpha value is -1.72. The van der Waals surface area contributed by atoms with E-state index in [4.69, 9.17) is 5.11 Å². The van der Waals surface area contributed by atoms with Gasteiger partial charge in [0.2, 0.25) is 0 Å². The number of aliphatic hydroxyl groups excluding tert-OH is 2. The fourth-order valence-electron chi connectivity index (χ4n) is 1.52. The summed E-state index contributed by atoms with van der Waals surface area (Å²) in [6.07, 6.45) is 0.604. The van der Waals surface area contributed by atoms with Gasteiger partial charge >= 0.3 is 0 Å². The van der Waals surface area contributed by atoms with Crippen LogP contribution in [0.2, 0.25) is 0 Å². The van der Waals surface area contributed by atoms with Gasteiger partial charge in [-0.05, 0) is 6.07 Å². The Morgan fingerprint density at radius 1 is 1.38 bits per heavy atom. The van der Waals surface area contributed by atoms with E-state index in [1.165, 1.54) is 0 Å². The lowest BCUT2D eigenvalue weighted by Crippen LogP contribution is -2.30. The molecule has 1 aromatic carbocycles. The van der Waals surface area contributed by atoms with Crippen molar-refractivity contribution in [2.75, 3.05) is 6.61 Å². The average molecular weight is 220 g/mol. The topological polar surface area (TPSA) is 75.4 Å². The second kappa shape index (κ2) is 4.42. The van der Waals surface area contributed by atoms with Crippen molar-refractivity contribution in [3.8, 4) is 0 Å². The largest absolute Gasteiger partial charge is 0.394 e. The molecule has 0 bridgehead atoms. The van der Waals surface area contributed by atoms with E-state index in [2.05, 4.69) is 5.10 Å². The highest BCUT2D eigenvalue weighted by molar-refractivity contribution is 5.80. The van der Waals surface area contributed by atoms with Crippen molar-refractivity contribution < 1.29 is 10.2 Å². The SMILES string of the molecule is O=c1c2ccccc2cnn1C[C@@H](O)CO. The van der Waals surface area contributed by atoms with Crippen molar-refractivity contribution in [1.29, 1.82) is 0 Å². The maximum atomic E-state index is 11.9. The number of benzene rings is 1. The Kier molecular flexibility index (Phi) is 2.98. The molecule has 1 heterocycles. The Labute approximate surface area is 91.6 Å². The minimum atomic E-state index is -0.966. The lowest BCUT2D eigenvalue weighted by molar-refractivity contribution is 0.0771. The van der Waals surface area contributed by atoms with Gasteiger partial charge in [0.05, 0.1) is 30.8 Å². The molecule has 2 rings (SSSR count). The van der Waals surface area contributed by atoms with Gasteiger partial charge in [0, 0.05) is 5.39 Å². The second-order valence-corrected chi connectivity index (χ2v) is 3.56. The van der Waals surface area contributed by atoms with Crippen LogP contribution in [0, 0.1) is 0 Å². The number of aliphatic hydroxyl groups is 2. The van der Waals surface area contributed by atoms with Crippen molar-refractivity contribution in [3.05, 3.63) is 40.8 Å². The summed E-state index contributed by atoms with van der Waals surface area (Å²) in [5, 5.41) is 23.2. The van der Waals surface area contributed by atoms with E-state index >= 15 is 0 Å². The normalized spacial score (nSPS) is 12.9. The van der Waals surface area contributed by atoms with E-state index < -0.39 is 6.10 Å². The first-order valence-electron chi connectivity index (χ1n) is 4.96. The van der Waals surface area contributed by atoms with Crippen LogP contribution in [0.4, 0.5) is 0 Å². The van der Waals surface area contributed by atoms with Crippen molar-refractivity contribution in [1.82, 2.24) is 9.78 Å². The molecule has 0 fully saturated rings. The Bertz CT molecular complexity index is 550. The predicted octanol–water partition coefficient (Wildman–Crippen LogP) is -0.250. The summed E-state index contributed by atoms with van der Waals surface area (Å²) in [6.45, 7) is -0.388. The summed E-state index contributed by atoms with van der Waals surface area (Å²) in [5.41, 5.74) is -0.259. The van der Waals surface area contributed by atoms with E-state index in [1.54, 1.807) is 24.4 Å². The van der Waals surface area contributed by atoms with Crippen LogP contribution >= 0.6 is 0 Å². The van der Waals surface area contributed by atoms with Crippen LogP contribution in [0.15, 0.2) is 35.3 Å². The van der Waals surface area contributed by atoms with Crippen molar-refractivity contribution in [3.63, 3.8) is 0 Å². The van der Waals surface area contributed by atoms with Crippen LogP contribution < -0.4 is 5.56 Å². The van der Waals surface area contributed by atoms with Crippen LogP contribution in [-0.2, 0) is 6.54 Å². The molecule has 1 atom stereocenters. The molecule has 1 aromatic heterocycles. The van der Waals surface area contributed by atoms with Crippen LogP contribution in [0.25, 0.3) is 10.8 Å². The molecule has 0 aliphatic carbocycles. The molecular formula is C11H12N2O3. The highest BCUT2D eigenvalue weighted by Gasteiger charge is 2.07. The third-order valence-electron chi connectivity index (χ3n) is 2.36. The minimum Gasteiger partial charge on any atom is -0.394 e. The first kappa shape index (κ1) is 10.8. The second-order valence-electron chi connectivity index (χ2n) is 3.56. The van der Waals surface area contributed by atoms with Crippen LogP contribution in [-0.4, -0.2) is 32.7 Å². The third kappa shape index (κ3) is 1.95.